The average Bonchev–Trinajstić information content (AvgIpc) is 2.79. The van der Waals surface area contributed by atoms with E-state index in [4.69, 9.17) is 0 Å². The Morgan fingerprint density at radius 1 is 0.433 bits per heavy atom. The Bertz CT molecular complexity index is 470. The predicted molar refractivity (Wildman–Crippen MR) is 129 cm³/mol. The summed E-state index contributed by atoms with van der Waals surface area (Å²) < 4.78 is 0. The Morgan fingerprint density at radius 2 is 0.733 bits per heavy atom. The molecule has 30 heavy (non-hydrogen) atoms. The van der Waals surface area contributed by atoms with E-state index in [2.05, 4.69) is 13.8 Å². The smallest absolute Gasteiger partial charge is 0.0287 e. The SMILES string of the molecule is CC[C@H]1CC[C@H](C2CCC3(CC2)CC2(CCC([C@H]4CC[C@H](CC)CC4)CC2)C3)CC1. The fourth-order valence-electron chi connectivity index (χ4n) is 9.83. The molecule has 5 fully saturated rings. The Kier molecular flexibility index (Phi) is 6.62. The molecule has 0 atom stereocenters. The number of rotatable bonds is 4. The molecule has 0 radical (unpaired) electrons. The summed E-state index contributed by atoms with van der Waals surface area (Å²) in [6.45, 7) is 4.82. The van der Waals surface area contributed by atoms with Gasteiger partial charge in [0.15, 0.2) is 0 Å². The van der Waals surface area contributed by atoms with Crippen LogP contribution >= 0.6 is 0 Å². The highest BCUT2D eigenvalue weighted by atomic mass is 14.6. The second kappa shape index (κ2) is 9.09. The first-order valence-electron chi connectivity index (χ1n) is 14.6. The molecule has 5 aliphatic carbocycles. The Labute approximate surface area is 188 Å². The van der Waals surface area contributed by atoms with E-state index in [1.54, 1.807) is 116 Å². The molecule has 0 aliphatic heterocycles. The zero-order valence-electron chi connectivity index (χ0n) is 20.6. The molecule has 172 valence electrons. The van der Waals surface area contributed by atoms with E-state index in [9.17, 15) is 0 Å². The second-order valence-corrected chi connectivity index (χ2v) is 13.4. The molecule has 0 aromatic heterocycles. The van der Waals surface area contributed by atoms with E-state index in [0.29, 0.717) is 0 Å². The van der Waals surface area contributed by atoms with Crippen LogP contribution in [0, 0.1) is 46.3 Å². The second-order valence-electron chi connectivity index (χ2n) is 13.4. The van der Waals surface area contributed by atoms with Gasteiger partial charge in [0.2, 0.25) is 0 Å². The van der Waals surface area contributed by atoms with Crippen LogP contribution in [0.5, 0.6) is 0 Å². The van der Waals surface area contributed by atoms with Gasteiger partial charge in [-0.1, -0.05) is 52.4 Å². The minimum atomic E-state index is 0.823. The normalized spacial score (nSPS) is 49.8. The van der Waals surface area contributed by atoms with Crippen LogP contribution in [0.25, 0.3) is 0 Å². The van der Waals surface area contributed by atoms with Crippen LogP contribution in [0.1, 0.15) is 142 Å². The molecule has 0 aromatic rings. The highest BCUT2D eigenvalue weighted by molar-refractivity contribution is 5.07. The van der Waals surface area contributed by atoms with Gasteiger partial charge < -0.3 is 0 Å². The van der Waals surface area contributed by atoms with Gasteiger partial charge in [-0.25, -0.2) is 0 Å². The molecular weight excluding hydrogens is 360 g/mol. The van der Waals surface area contributed by atoms with E-state index >= 15 is 0 Å². The monoisotopic (exact) mass is 412 g/mol. The van der Waals surface area contributed by atoms with Crippen LogP contribution in [-0.2, 0) is 0 Å². The van der Waals surface area contributed by atoms with Crippen molar-refractivity contribution in [2.75, 3.05) is 0 Å². The minimum absolute atomic E-state index is 0.823. The first-order valence-corrected chi connectivity index (χ1v) is 14.6. The van der Waals surface area contributed by atoms with Crippen LogP contribution < -0.4 is 0 Å². The van der Waals surface area contributed by atoms with Crippen LogP contribution in [0.3, 0.4) is 0 Å². The molecule has 5 aliphatic rings. The highest BCUT2D eigenvalue weighted by Crippen LogP contribution is 2.67. The molecule has 0 aromatic carbocycles. The first-order chi connectivity index (χ1) is 14.6. The molecular formula is C30H52. The minimum Gasteiger partial charge on any atom is -0.0651 e. The number of hydrogen-bond donors (Lipinski definition) is 0. The third-order valence-corrected chi connectivity index (χ3v) is 12.0. The largest absolute Gasteiger partial charge is 0.0651 e. The fourth-order valence-corrected chi connectivity index (χ4v) is 9.83. The highest BCUT2D eigenvalue weighted by Gasteiger charge is 2.56. The van der Waals surface area contributed by atoms with E-state index in [1.807, 2.05) is 0 Å². The molecule has 5 rings (SSSR count). The predicted octanol–water partition coefficient (Wildman–Crippen LogP) is 9.57. The summed E-state index contributed by atoms with van der Waals surface area (Å²) in [6, 6.07) is 0. The van der Waals surface area contributed by atoms with Gasteiger partial charge in [0.25, 0.3) is 0 Å². The summed E-state index contributed by atoms with van der Waals surface area (Å²) in [4.78, 5) is 0. The quantitative estimate of drug-likeness (QED) is 0.431. The van der Waals surface area contributed by atoms with Crippen LogP contribution in [0.15, 0.2) is 0 Å². The first kappa shape index (κ1) is 21.8. The van der Waals surface area contributed by atoms with E-state index in [0.717, 1.165) is 46.3 Å². The topological polar surface area (TPSA) is 0 Å². The third-order valence-electron chi connectivity index (χ3n) is 12.0. The molecule has 0 N–H and O–H groups in total. The van der Waals surface area contributed by atoms with Gasteiger partial charge in [0, 0.05) is 0 Å². The van der Waals surface area contributed by atoms with E-state index in [1.165, 1.54) is 12.8 Å². The van der Waals surface area contributed by atoms with Crippen molar-refractivity contribution in [3.63, 3.8) is 0 Å². The van der Waals surface area contributed by atoms with Crippen LogP contribution in [0.2, 0.25) is 0 Å². The Hall–Kier alpha value is 0. The lowest BCUT2D eigenvalue weighted by molar-refractivity contribution is -0.109. The third kappa shape index (κ3) is 4.41. The molecule has 0 saturated heterocycles. The van der Waals surface area contributed by atoms with Gasteiger partial charge in [-0.05, 0) is 136 Å². The molecule has 0 bridgehead atoms. The summed E-state index contributed by atoms with van der Waals surface area (Å²) in [5, 5.41) is 0. The van der Waals surface area contributed by atoms with E-state index in [-0.39, 0.29) is 0 Å². The molecule has 0 heteroatoms. The summed E-state index contributed by atoms with van der Waals surface area (Å²) in [5.74, 6) is 6.58. The lowest BCUT2D eigenvalue weighted by Crippen LogP contribution is -2.50. The lowest BCUT2D eigenvalue weighted by atomic mass is 9.43. The maximum absolute atomic E-state index is 2.41. The van der Waals surface area contributed by atoms with Gasteiger partial charge in [-0.2, -0.15) is 0 Å². The maximum Gasteiger partial charge on any atom is -0.0287 e. The van der Waals surface area contributed by atoms with Crippen molar-refractivity contribution in [2.45, 2.75) is 142 Å². The van der Waals surface area contributed by atoms with Crippen molar-refractivity contribution < 1.29 is 0 Å². The summed E-state index contributed by atoms with van der Waals surface area (Å²) in [6.07, 6.45) is 31.5. The molecule has 2 spiro atoms. The standard InChI is InChI=1S/C30H52/c1-3-23-5-9-25(10-6-23)27-13-17-29(18-14-27)21-30(22-29)19-15-28(16-20-30)26-11-7-24(4-2)8-12-26/h23-28H,3-22H2,1-2H3/t23-,24-,25-,26-,27?,28?,29?,30?. The maximum atomic E-state index is 2.41. The lowest BCUT2D eigenvalue weighted by Gasteiger charge is -2.62. The van der Waals surface area contributed by atoms with Gasteiger partial charge in [-0.15, -0.1) is 0 Å². The van der Waals surface area contributed by atoms with Crippen molar-refractivity contribution in [3.05, 3.63) is 0 Å². The molecule has 0 amide bonds. The molecule has 0 unspecified atom stereocenters. The summed E-state index contributed by atoms with van der Waals surface area (Å²) in [7, 11) is 0. The summed E-state index contributed by atoms with van der Waals surface area (Å²) >= 11 is 0. The van der Waals surface area contributed by atoms with E-state index < -0.39 is 0 Å². The molecule has 5 saturated carbocycles. The Morgan fingerprint density at radius 3 is 1.03 bits per heavy atom. The molecule has 0 heterocycles. The van der Waals surface area contributed by atoms with Crippen LogP contribution in [0.4, 0.5) is 0 Å². The zero-order chi connectivity index (χ0) is 20.6. The van der Waals surface area contributed by atoms with Gasteiger partial charge >= 0.3 is 0 Å². The van der Waals surface area contributed by atoms with Crippen molar-refractivity contribution >= 4 is 0 Å². The van der Waals surface area contributed by atoms with Crippen molar-refractivity contribution in [2.24, 2.45) is 46.3 Å². The zero-order valence-corrected chi connectivity index (χ0v) is 20.6. The van der Waals surface area contributed by atoms with Gasteiger partial charge in [-0.3, -0.25) is 0 Å². The summed E-state index contributed by atoms with van der Waals surface area (Å²) in [5.41, 5.74) is 1.65. The van der Waals surface area contributed by atoms with Crippen molar-refractivity contribution in [3.8, 4) is 0 Å². The van der Waals surface area contributed by atoms with Crippen molar-refractivity contribution in [1.82, 2.24) is 0 Å². The van der Waals surface area contributed by atoms with Gasteiger partial charge in [0.05, 0.1) is 0 Å². The number of hydrogen-bond acceptors (Lipinski definition) is 0. The molecule has 0 nitrogen and oxygen atoms in total. The average molecular weight is 413 g/mol. The van der Waals surface area contributed by atoms with Crippen molar-refractivity contribution in [1.29, 1.82) is 0 Å². The fraction of sp³-hybridized carbons (Fsp3) is 1.00. The van der Waals surface area contributed by atoms with Crippen LogP contribution in [-0.4, -0.2) is 0 Å². The van der Waals surface area contributed by atoms with Gasteiger partial charge in [0.1, 0.15) is 0 Å². The Balaban J connectivity index is 1.04.